The van der Waals surface area contributed by atoms with Gasteiger partial charge in [-0.2, -0.15) is 0 Å². The lowest BCUT2D eigenvalue weighted by molar-refractivity contribution is -0.146. The van der Waals surface area contributed by atoms with Crippen molar-refractivity contribution in [3.8, 4) is 0 Å². The Labute approximate surface area is 199 Å². The number of rotatable bonds is 14. The molecule has 6 nitrogen and oxygen atoms in total. The second kappa shape index (κ2) is 12.3. The van der Waals surface area contributed by atoms with Gasteiger partial charge < -0.3 is 19.1 Å². The van der Waals surface area contributed by atoms with Crippen molar-refractivity contribution in [3.63, 3.8) is 0 Å². The van der Waals surface area contributed by atoms with Gasteiger partial charge in [0.15, 0.2) is 6.29 Å². The molecule has 2 unspecified atom stereocenters. The molecule has 0 N–H and O–H groups in total. The summed E-state index contributed by atoms with van der Waals surface area (Å²) in [4.78, 5) is 17.2. The van der Waals surface area contributed by atoms with Crippen molar-refractivity contribution < 1.29 is 19.0 Å². The fourth-order valence-electron chi connectivity index (χ4n) is 5.53. The summed E-state index contributed by atoms with van der Waals surface area (Å²) >= 11 is 0. The maximum atomic E-state index is 12.7. The maximum Gasteiger partial charge on any atom is 0.225 e. The van der Waals surface area contributed by atoms with Crippen molar-refractivity contribution in [2.75, 3.05) is 53.6 Å². The van der Waals surface area contributed by atoms with Crippen LogP contribution in [0.3, 0.4) is 0 Å². The summed E-state index contributed by atoms with van der Waals surface area (Å²) in [5.74, 6) is 2.65. The Morgan fingerprint density at radius 2 is 1.79 bits per heavy atom. The minimum Gasteiger partial charge on any atom is -0.381 e. The molecule has 2 saturated carbocycles. The zero-order chi connectivity index (χ0) is 23.0. The summed E-state index contributed by atoms with van der Waals surface area (Å²) in [6, 6.07) is 8.93. The van der Waals surface area contributed by atoms with Crippen LogP contribution in [0.4, 0.5) is 0 Å². The molecule has 2 aliphatic carbocycles. The molecule has 0 radical (unpaired) electrons. The van der Waals surface area contributed by atoms with E-state index in [1.54, 1.807) is 14.2 Å². The van der Waals surface area contributed by atoms with Gasteiger partial charge in [-0.05, 0) is 61.0 Å². The van der Waals surface area contributed by atoms with Crippen LogP contribution < -0.4 is 0 Å². The summed E-state index contributed by atoms with van der Waals surface area (Å²) in [5.41, 5.74) is 2.72. The molecule has 2 atom stereocenters. The fourth-order valence-corrected chi connectivity index (χ4v) is 5.53. The first-order valence-electron chi connectivity index (χ1n) is 12.9. The molecule has 1 saturated heterocycles. The molecule has 184 valence electrons. The van der Waals surface area contributed by atoms with Crippen LogP contribution in [-0.2, 0) is 32.0 Å². The van der Waals surface area contributed by atoms with Crippen molar-refractivity contribution in [2.45, 2.75) is 57.8 Å². The number of amides is 1. The van der Waals surface area contributed by atoms with Gasteiger partial charge in [0.25, 0.3) is 0 Å². The zero-order valence-corrected chi connectivity index (χ0v) is 20.5. The van der Waals surface area contributed by atoms with Gasteiger partial charge in [-0.1, -0.05) is 30.7 Å². The molecule has 0 spiro atoms. The molecular formula is C27H42N2O4. The normalized spacial score (nSPS) is 22.8. The lowest BCUT2D eigenvalue weighted by atomic mass is 10.0. The van der Waals surface area contributed by atoms with E-state index in [1.165, 1.54) is 56.3 Å². The van der Waals surface area contributed by atoms with E-state index in [9.17, 15) is 4.79 Å². The molecule has 0 aromatic heterocycles. The first kappa shape index (κ1) is 24.6. The number of hydrogen-bond donors (Lipinski definition) is 0. The highest BCUT2D eigenvalue weighted by Crippen LogP contribution is 2.38. The highest BCUT2D eigenvalue weighted by molar-refractivity contribution is 5.76. The number of ether oxygens (including phenoxy) is 3. The number of carbonyl (C=O) groups excluding carboxylic acids is 1. The Hall–Kier alpha value is -1.47. The van der Waals surface area contributed by atoms with Crippen molar-refractivity contribution in [1.29, 1.82) is 0 Å². The first-order chi connectivity index (χ1) is 16.1. The summed E-state index contributed by atoms with van der Waals surface area (Å²) < 4.78 is 16.4. The Balaban J connectivity index is 1.15. The third-order valence-electron chi connectivity index (χ3n) is 7.62. The topological polar surface area (TPSA) is 51.2 Å². The first-order valence-corrected chi connectivity index (χ1v) is 12.9. The van der Waals surface area contributed by atoms with Crippen LogP contribution in [0.15, 0.2) is 24.3 Å². The van der Waals surface area contributed by atoms with Crippen LogP contribution in [0.5, 0.6) is 0 Å². The number of likely N-dealkylation sites (tertiary alicyclic amines) is 1. The lowest BCUT2D eigenvalue weighted by Crippen LogP contribution is -2.40. The summed E-state index contributed by atoms with van der Waals surface area (Å²) in [7, 11) is 3.23. The third-order valence-corrected chi connectivity index (χ3v) is 7.62. The van der Waals surface area contributed by atoms with Crippen LogP contribution in [0, 0.1) is 17.8 Å². The predicted molar refractivity (Wildman–Crippen MR) is 129 cm³/mol. The van der Waals surface area contributed by atoms with E-state index in [0.29, 0.717) is 32.1 Å². The standard InChI is InChI=1S/C27H42N2O4/c1-31-27(32-2)20-29(17-22-9-10-22)26(30)12-14-33-13-11-21-5-3-6-23(15-21)16-28-18-24-7-4-8-25(24)19-28/h3,5-6,15,22,24-25,27H,4,7-14,16-20H2,1-2H3. The molecule has 1 aromatic carbocycles. The number of fused-ring (bicyclic) bond motifs is 1. The summed E-state index contributed by atoms with van der Waals surface area (Å²) in [6.07, 6.45) is 7.63. The molecule has 3 fully saturated rings. The Morgan fingerprint density at radius 1 is 1.06 bits per heavy atom. The summed E-state index contributed by atoms with van der Waals surface area (Å²) in [5, 5.41) is 0. The monoisotopic (exact) mass is 458 g/mol. The minimum absolute atomic E-state index is 0.123. The number of methoxy groups -OCH3 is 2. The average molecular weight is 459 g/mol. The SMILES string of the molecule is COC(CN(CC1CC1)C(=O)CCOCCc1cccc(CN2CC3CCCC3C2)c1)OC. The molecule has 0 bridgehead atoms. The third kappa shape index (κ3) is 7.51. The minimum atomic E-state index is -0.374. The van der Waals surface area contributed by atoms with Gasteiger partial charge in [-0.3, -0.25) is 9.69 Å². The maximum absolute atomic E-state index is 12.7. The zero-order valence-electron chi connectivity index (χ0n) is 20.5. The Morgan fingerprint density at radius 3 is 2.48 bits per heavy atom. The van der Waals surface area contributed by atoms with Crippen molar-refractivity contribution in [2.24, 2.45) is 17.8 Å². The molecule has 1 aromatic rings. The fraction of sp³-hybridized carbons (Fsp3) is 0.741. The number of benzene rings is 1. The highest BCUT2D eigenvalue weighted by atomic mass is 16.7. The molecule has 3 aliphatic rings. The quantitative estimate of drug-likeness (QED) is 0.314. The van der Waals surface area contributed by atoms with E-state index < -0.39 is 0 Å². The largest absolute Gasteiger partial charge is 0.381 e. The van der Waals surface area contributed by atoms with Crippen molar-refractivity contribution in [1.82, 2.24) is 9.80 Å². The van der Waals surface area contributed by atoms with E-state index in [-0.39, 0.29) is 12.2 Å². The number of hydrogen-bond acceptors (Lipinski definition) is 5. The van der Waals surface area contributed by atoms with Gasteiger partial charge in [0.2, 0.25) is 5.91 Å². The van der Waals surface area contributed by atoms with E-state index in [2.05, 4.69) is 29.2 Å². The second-order valence-corrected chi connectivity index (χ2v) is 10.2. The number of carbonyl (C=O) groups is 1. The molecule has 1 amide bonds. The Kier molecular flexibility index (Phi) is 9.18. The van der Waals surface area contributed by atoms with Gasteiger partial charge in [-0.25, -0.2) is 0 Å². The molecule has 1 heterocycles. The van der Waals surface area contributed by atoms with Crippen LogP contribution >= 0.6 is 0 Å². The smallest absolute Gasteiger partial charge is 0.225 e. The second-order valence-electron chi connectivity index (χ2n) is 10.2. The predicted octanol–water partition coefficient (Wildman–Crippen LogP) is 3.73. The van der Waals surface area contributed by atoms with Crippen molar-refractivity contribution >= 4 is 5.91 Å². The Bertz CT molecular complexity index is 737. The van der Waals surface area contributed by atoms with Gasteiger partial charge >= 0.3 is 0 Å². The van der Waals surface area contributed by atoms with Crippen molar-refractivity contribution in [3.05, 3.63) is 35.4 Å². The van der Waals surface area contributed by atoms with E-state index in [1.807, 2.05) is 4.90 Å². The number of nitrogens with zero attached hydrogens (tertiary/aromatic N) is 2. The molecule has 4 rings (SSSR count). The lowest BCUT2D eigenvalue weighted by Gasteiger charge is -2.26. The molecule has 1 aliphatic heterocycles. The van der Waals surface area contributed by atoms with E-state index in [4.69, 9.17) is 14.2 Å². The van der Waals surface area contributed by atoms with Gasteiger partial charge in [-0.15, -0.1) is 0 Å². The summed E-state index contributed by atoms with van der Waals surface area (Å²) in [6.45, 7) is 6.00. The van der Waals surface area contributed by atoms with Crippen LogP contribution in [0.25, 0.3) is 0 Å². The van der Waals surface area contributed by atoms with E-state index >= 15 is 0 Å². The molecular weight excluding hydrogens is 416 g/mol. The van der Waals surface area contributed by atoms with Crippen LogP contribution in [-0.4, -0.2) is 75.6 Å². The van der Waals surface area contributed by atoms with E-state index in [0.717, 1.165) is 31.3 Å². The van der Waals surface area contributed by atoms with Gasteiger partial charge in [0.1, 0.15) is 0 Å². The van der Waals surface area contributed by atoms with Gasteiger partial charge in [0, 0.05) is 40.4 Å². The van der Waals surface area contributed by atoms with Crippen LogP contribution in [0.1, 0.15) is 49.7 Å². The van der Waals surface area contributed by atoms with Gasteiger partial charge in [0.05, 0.1) is 26.2 Å². The average Bonchev–Trinajstić information content (AvgIpc) is 3.40. The highest BCUT2D eigenvalue weighted by Gasteiger charge is 2.35. The molecule has 6 heteroatoms. The van der Waals surface area contributed by atoms with Crippen LogP contribution in [0.2, 0.25) is 0 Å². The molecule has 33 heavy (non-hydrogen) atoms.